The smallest absolute Gasteiger partial charge is 0.323 e. The highest BCUT2D eigenvalue weighted by molar-refractivity contribution is 5.98. The maximum Gasteiger partial charge on any atom is 0.323 e. The van der Waals surface area contributed by atoms with E-state index in [4.69, 9.17) is 5.11 Å². The molecule has 0 aliphatic rings. The van der Waals surface area contributed by atoms with E-state index in [0.29, 0.717) is 5.69 Å². The molecule has 1 N–H and O–H groups in total. The minimum atomic E-state index is -1.00. The van der Waals surface area contributed by atoms with Gasteiger partial charge >= 0.3 is 5.97 Å². The number of carboxylic acids is 1. The molecular formula is C16H23NO3. The van der Waals surface area contributed by atoms with Crippen molar-refractivity contribution in [2.24, 2.45) is 11.8 Å². The molecule has 4 heteroatoms. The maximum atomic E-state index is 12.6. The number of amides is 1. The molecule has 0 spiro atoms. The van der Waals surface area contributed by atoms with E-state index in [-0.39, 0.29) is 24.3 Å². The number of carbonyl (C=O) groups is 2. The molecule has 1 atom stereocenters. The van der Waals surface area contributed by atoms with Crippen LogP contribution in [-0.2, 0) is 9.59 Å². The lowest BCUT2D eigenvalue weighted by Gasteiger charge is -2.28. The van der Waals surface area contributed by atoms with Crippen LogP contribution in [0.1, 0.15) is 33.6 Å². The molecule has 110 valence electrons. The molecule has 0 saturated carbocycles. The van der Waals surface area contributed by atoms with Crippen LogP contribution in [0.3, 0.4) is 0 Å². The van der Waals surface area contributed by atoms with E-state index in [2.05, 4.69) is 13.8 Å². The van der Waals surface area contributed by atoms with Crippen LogP contribution in [-0.4, -0.2) is 23.5 Å². The molecule has 1 aromatic rings. The number of carboxylic acid groups (broad SMARTS) is 1. The number of hydrogen-bond donors (Lipinski definition) is 1. The van der Waals surface area contributed by atoms with E-state index in [9.17, 15) is 9.59 Å². The Hall–Kier alpha value is -1.84. The summed E-state index contributed by atoms with van der Waals surface area (Å²) in [5, 5.41) is 9.03. The second-order valence-corrected chi connectivity index (χ2v) is 5.02. The van der Waals surface area contributed by atoms with Crippen molar-refractivity contribution in [2.45, 2.75) is 33.6 Å². The summed E-state index contributed by atoms with van der Waals surface area (Å²) in [6, 6.07) is 8.98. The fraction of sp³-hybridized carbons (Fsp3) is 0.500. The van der Waals surface area contributed by atoms with Gasteiger partial charge in [-0.1, -0.05) is 51.8 Å². The van der Waals surface area contributed by atoms with Crippen molar-refractivity contribution in [1.82, 2.24) is 0 Å². The zero-order chi connectivity index (χ0) is 15.1. The van der Waals surface area contributed by atoms with Gasteiger partial charge in [0.1, 0.15) is 6.54 Å². The molecule has 1 rings (SSSR count). The van der Waals surface area contributed by atoms with Crippen LogP contribution in [0, 0.1) is 11.8 Å². The summed E-state index contributed by atoms with van der Waals surface area (Å²) in [5.74, 6) is -1.02. The average molecular weight is 277 g/mol. The highest BCUT2D eigenvalue weighted by atomic mass is 16.4. The first-order valence-electron chi connectivity index (χ1n) is 7.09. The van der Waals surface area contributed by atoms with Gasteiger partial charge in [0.2, 0.25) is 5.91 Å². The summed E-state index contributed by atoms with van der Waals surface area (Å²) in [4.78, 5) is 25.0. The topological polar surface area (TPSA) is 57.6 Å². The van der Waals surface area contributed by atoms with Crippen molar-refractivity contribution in [1.29, 1.82) is 0 Å². The zero-order valence-corrected chi connectivity index (χ0v) is 12.4. The van der Waals surface area contributed by atoms with E-state index in [1.165, 1.54) is 4.90 Å². The highest BCUT2D eigenvalue weighted by Crippen LogP contribution is 2.24. The number of hydrogen-bond acceptors (Lipinski definition) is 2. The fourth-order valence-electron chi connectivity index (χ4n) is 2.48. The fourth-order valence-corrected chi connectivity index (χ4v) is 2.48. The van der Waals surface area contributed by atoms with Crippen molar-refractivity contribution in [3.8, 4) is 0 Å². The van der Waals surface area contributed by atoms with Crippen molar-refractivity contribution in [2.75, 3.05) is 11.4 Å². The van der Waals surface area contributed by atoms with Gasteiger partial charge in [-0.25, -0.2) is 0 Å². The maximum absolute atomic E-state index is 12.6. The second kappa shape index (κ2) is 7.68. The molecule has 0 aromatic heterocycles. The molecule has 1 amide bonds. The number of para-hydroxylation sites is 1. The Balaban J connectivity index is 2.99. The van der Waals surface area contributed by atoms with Gasteiger partial charge < -0.3 is 10.0 Å². The van der Waals surface area contributed by atoms with Crippen molar-refractivity contribution < 1.29 is 14.7 Å². The van der Waals surface area contributed by atoms with E-state index in [1.54, 1.807) is 24.3 Å². The molecule has 0 saturated heterocycles. The minimum Gasteiger partial charge on any atom is -0.480 e. The molecule has 0 bridgehead atoms. The third kappa shape index (κ3) is 4.08. The first-order valence-corrected chi connectivity index (χ1v) is 7.09. The van der Waals surface area contributed by atoms with Crippen LogP contribution >= 0.6 is 0 Å². The van der Waals surface area contributed by atoms with Crippen molar-refractivity contribution in [3.05, 3.63) is 30.3 Å². The molecule has 0 radical (unpaired) electrons. The molecule has 20 heavy (non-hydrogen) atoms. The molecule has 0 aliphatic heterocycles. The SMILES string of the molecule is CCC(CC)C(C)C(=O)N(CC(=O)O)c1ccccc1. The summed E-state index contributed by atoms with van der Waals surface area (Å²) >= 11 is 0. The lowest BCUT2D eigenvalue weighted by molar-refractivity contribution is -0.137. The summed E-state index contributed by atoms with van der Waals surface area (Å²) < 4.78 is 0. The Morgan fingerprint density at radius 3 is 2.15 bits per heavy atom. The van der Waals surface area contributed by atoms with Crippen LogP contribution in [0.25, 0.3) is 0 Å². The predicted octanol–water partition coefficient (Wildman–Crippen LogP) is 3.18. The molecule has 1 unspecified atom stereocenters. The number of benzene rings is 1. The number of aliphatic carboxylic acids is 1. The van der Waals surface area contributed by atoms with Crippen molar-refractivity contribution in [3.63, 3.8) is 0 Å². The highest BCUT2D eigenvalue weighted by Gasteiger charge is 2.28. The summed E-state index contributed by atoms with van der Waals surface area (Å²) in [7, 11) is 0. The Bertz CT molecular complexity index is 440. The standard InChI is InChI=1S/C16H23NO3/c1-4-13(5-2)12(3)16(20)17(11-15(18)19)14-9-7-6-8-10-14/h6-10,12-13H,4-5,11H2,1-3H3,(H,18,19). The number of carbonyl (C=O) groups excluding carboxylic acids is 1. The Labute approximate surface area is 120 Å². The van der Waals surface area contributed by atoms with Crippen molar-refractivity contribution >= 4 is 17.6 Å². The normalized spacial score (nSPS) is 12.2. The summed E-state index contributed by atoms with van der Waals surface area (Å²) in [6.07, 6.45) is 1.83. The monoisotopic (exact) mass is 277 g/mol. The summed E-state index contributed by atoms with van der Waals surface area (Å²) in [5.41, 5.74) is 0.637. The molecule has 0 aliphatic carbocycles. The minimum absolute atomic E-state index is 0.118. The Morgan fingerprint density at radius 1 is 1.15 bits per heavy atom. The van der Waals surface area contributed by atoms with Gasteiger partial charge in [0.25, 0.3) is 0 Å². The van der Waals surface area contributed by atoms with Gasteiger partial charge in [-0.2, -0.15) is 0 Å². The predicted molar refractivity (Wildman–Crippen MR) is 79.7 cm³/mol. The van der Waals surface area contributed by atoms with Gasteiger partial charge in [0.15, 0.2) is 0 Å². The third-order valence-corrected chi connectivity index (χ3v) is 3.77. The number of rotatable bonds is 7. The first-order chi connectivity index (χ1) is 9.51. The Morgan fingerprint density at radius 2 is 1.70 bits per heavy atom. The largest absolute Gasteiger partial charge is 0.480 e. The quantitative estimate of drug-likeness (QED) is 0.832. The van der Waals surface area contributed by atoms with Crippen LogP contribution in [0.2, 0.25) is 0 Å². The van der Waals surface area contributed by atoms with Gasteiger partial charge in [-0.05, 0) is 18.1 Å². The van der Waals surface area contributed by atoms with E-state index < -0.39 is 5.97 Å². The lowest BCUT2D eigenvalue weighted by Crippen LogP contribution is -2.41. The summed E-state index contributed by atoms with van der Waals surface area (Å²) in [6.45, 7) is 5.70. The van der Waals surface area contributed by atoms with Gasteiger partial charge in [-0.15, -0.1) is 0 Å². The van der Waals surface area contributed by atoms with E-state index >= 15 is 0 Å². The van der Waals surface area contributed by atoms with Gasteiger partial charge in [0.05, 0.1) is 0 Å². The molecule has 0 fully saturated rings. The molecule has 1 aromatic carbocycles. The van der Waals surface area contributed by atoms with Gasteiger partial charge in [0, 0.05) is 11.6 Å². The van der Waals surface area contributed by atoms with Crippen LogP contribution in [0.15, 0.2) is 30.3 Å². The molecule has 4 nitrogen and oxygen atoms in total. The number of anilines is 1. The second-order valence-electron chi connectivity index (χ2n) is 5.02. The van der Waals surface area contributed by atoms with Crippen LogP contribution in [0.4, 0.5) is 5.69 Å². The van der Waals surface area contributed by atoms with Crippen LogP contribution < -0.4 is 4.90 Å². The molecular weight excluding hydrogens is 254 g/mol. The average Bonchev–Trinajstić information content (AvgIpc) is 2.46. The molecule has 0 heterocycles. The first kappa shape index (κ1) is 16.2. The lowest BCUT2D eigenvalue weighted by atomic mass is 9.88. The van der Waals surface area contributed by atoms with E-state index in [0.717, 1.165) is 12.8 Å². The Kier molecular flexibility index (Phi) is 6.22. The van der Waals surface area contributed by atoms with E-state index in [1.807, 2.05) is 13.0 Å². The van der Waals surface area contributed by atoms with Crippen LogP contribution in [0.5, 0.6) is 0 Å². The van der Waals surface area contributed by atoms with Gasteiger partial charge in [-0.3, -0.25) is 9.59 Å². The zero-order valence-electron chi connectivity index (χ0n) is 12.4. The third-order valence-electron chi connectivity index (χ3n) is 3.77. The number of nitrogens with zero attached hydrogens (tertiary/aromatic N) is 1.